The molecule has 0 amide bonds. The van der Waals surface area contributed by atoms with Crippen LogP contribution in [0.4, 0.5) is 4.39 Å². The van der Waals surface area contributed by atoms with Crippen LogP contribution in [0.5, 0.6) is 5.75 Å². The number of benzene rings is 1. The van der Waals surface area contributed by atoms with Crippen LogP contribution in [-0.2, 0) is 0 Å². The lowest BCUT2D eigenvalue weighted by molar-refractivity contribution is 0.101. The summed E-state index contributed by atoms with van der Waals surface area (Å²) in [4.78, 5) is 11.1. The molecule has 0 saturated carbocycles. The van der Waals surface area contributed by atoms with Gasteiger partial charge in [-0.05, 0) is 38.5 Å². The summed E-state index contributed by atoms with van der Waals surface area (Å²) in [5, 5.41) is 0. The Balaban J connectivity index is 3.21. The van der Waals surface area contributed by atoms with Crippen molar-refractivity contribution in [3.05, 3.63) is 29.1 Å². The molecule has 0 aliphatic rings. The maximum absolute atomic E-state index is 13.4. The SMILES string of the molecule is CCOc1cc(C)c(F)c(C(C)=O)c1. The van der Waals surface area contributed by atoms with Crippen LogP contribution in [-0.4, -0.2) is 12.4 Å². The summed E-state index contributed by atoms with van der Waals surface area (Å²) >= 11 is 0. The summed E-state index contributed by atoms with van der Waals surface area (Å²) < 4.78 is 18.6. The third-order valence-corrected chi connectivity index (χ3v) is 1.92. The third-order valence-electron chi connectivity index (χ3n) is 1.92. The molecule has 14 heavy (non-hydrogen) atoms. The minimum atomic E-state index is -0.457. The Morgan fingerprint density at radius 2 is 2.14 bits per heavy atom. The van der Waals surface area contributed by atoms with E-state index in [0.717, 1.165) is 0 Å². The average molecular weight is 196 g/mol. The Labute approximate surface area is 82.7 Å². The van der Waals surface area contributed by atoms with Gasteiger partial charge in [0, 0.05) is 0 Å². The maximum atomic E-state index is 13.4. The molecule has 1 rings (SSSR count). The highest BCUT2D eigenvalue weighted by Crippen LogP contribution is 2.21. The maximum Gasteiger partial charge on any atom is 0.162 e. The summed E-state index contributed by atoms with van der Waals surface area (Å²) in [5.74, 6) is -0.204. The number of carbonyl (C=O) groups excluding carboxylic acids is 1. The summed E-state index contributed by atoms with van der Waals surface area (Å²) in [5.41, 5.74) is 0.523. The van der Waals surface area contributed by atoms with Gasteiger partial charge in [-0.1, -0.05) is 0 Å². The van der Waals surface area contributed by atoms with Gasteiger partial charge in [0.15, 0.2) is 5.78 Å². The normalized spacial score (nSPS) is 10.0. The molecule has 0 aliphatic heterocycles. The first kappa shape index (κ1) is 10.7. The van der Waals surface area contributed by atoms with Crippen molar-refractivity contribution >= 4 is 5.78 Å². The fourth-order valence-electron chi connectivity index (χ4n) is 1.24. The number of Topliss-reactive ketones (excluding diaryl/α,β-unsaturated/α-hetero) is 1. The van der Waals surface area contributed by atoms with Crippen molar-refractivity contribution in [1.29, 1.82) is 0 Å². The Hall–Kier alpha value is -1.38. The highest BCUT2D eigenvalue weighted by atomic mass is 19.1. The van der Waals surface area contributed by atoms with Crippen molar-refractivity contribution in [3.63, 3.8) is 0 Å². The van der Waals surface area contributed by atoms with E-state index >= 15 is 0 Å². The van der Waals surface area contributed by atoms with E-state index in [-0.39, 0.29) is 11.3 Å². The van der Waals surface area contributed by atoms with Crippen LogP contribution in [0.1, 0.15) is 29.8 Å². The molecule has 0 fully saturated rings. The molecule has 1 aromatic rings. The minimum absolute atomic E-state index is 0.0912. The van der Waals surface area contributed by atoms with Gasteiger partial charge in [0.05, 0.1) is 12.2 Å². The molecule has 0 bridgehead atoms. The zero-order chi connectivity index (χ0) is 10.7. The van der Waals surface area contributed by atoms with Gasteiger partial charge in [-0.25, -0.2) is 4.39 Å². The number of hydrogen-bond acceptors (Lipinski definition) is 2. The Morgan fingerprint density at radius 3 is 2.64 bits per heavy atom. The number of carbonyl (C=O) groups is 1. The number of halogens is 1. The van der Waals surface area contributed by atoms with E-state index in [1.807, 2.05) is 6.92 Å². The van der Waals surface area contributed by atoms with Gasteiger partial charge >= 0.3 is 0 Å². The third kappa shape index (κ3) is 2.10. The van der Waals surface area contributed by atoms with Crippen LogP contribution >= 0.6 is 0 Å². The smallest absolute Gasteiger partial charge is 0.162 e. The molecular formula is C11H13FO2. The van der Waals surface area contributed by atoms with Crippen LogP contribution in [0.3, 0.4) is 0 Å². The topological polar surface area (TPSA) is 26.3 Å². The van der Waals surface area contributed by atoms with Gasteiger partial charge < -0.3 is 4.74 Å². The fraction of sp³-hybridized carbons (Fsp3) is 0.364. The zero-order valence-corrected chi connectivity index (χ0v) is 8.56. The summed E-state index contributed by atoms with van der Waals surface area (Å²) in [6, 6.07) is 3.03. The molecular weight excluding hydrogens is 183 g/mol. The molecule has 0 atom stereocenters. The summed E-state index contributed by atoms with van der Waals surface area (Å²) in [6.07, 6.45) is 0. The second-order valence-corrected chi connectivity index (χ2v) is 3.09. The van der Waals surface area contributed by atoms with E-state index in [9.17, 15) is 9.18 Å². The molecule has 1 aromatic carbocycles. The molecule has 0 spiro atoms. The molecule has 3 heteroatoms. The molecule has 0 radical (unpaired) electrons. The average Bonchev–Trinajstić information content (AvgIpc) is 2.11. The lowest BCUT2D eigenvalue weighted by Crippen LogP contribution is -2.01. The van der Waals surface area contributed by atoms with Crippen molar-refractivity contribution in [2.24, 2.45) is 0 Å². The van der Waals surface area contributed by atoms with Gasteiger partial charge in [0.1, 0.15) is 11.6 Å². The molecule has 0 aromatic heterocycles. The van der Waals surface area contributed by atoms with Crippen molar-refractivity contribution < 1.29 is 13.9 Å². The van der Waals surface area contributed by atoms with E-state index in [0.29, 0.717) is 17.9 Å². The Bertz CT molecular complexity index is 359. The highest BCUT2D eigenvalue weighted by Gasteiger charge is 2.11. The standard InChI is InChI=1S/C11H13FO2/c1-4-14-9-5-7(2)11(12)10(6-9)8(3)13/h5-6H,4H2,1-3H3. The molecule has 0 N–H and O–H groups in total. The van der Waals surface area contributed by atoms with E-state index in [1.165, 1.54) is 13.0 Å². The van der Waals surface area contributed by atoms with E-state index in [4.69, 9.17) is 4.74 Å². The second-order valence-electron chi connectivity index (χ2n) is 3.09. The molecule has 0 heterocycles. The second kappa shape index (κ2) is 4.22. The fourth-order valence-corrected chi connectivity index (χ4v) is 1.24. The lowest BCUT2D eigenvalue weighted by Gasteiger charge is -2.07. The number of ether oxygens (including phenoxy) is 1. The Kier molecular flexibility index (Phi) is 3.23. The van der Waals surface area contributed by atoms with E-state index in [1.54, 1.807) is 13.0 Å². The Morgan fingerprint density at radius 1 is 1.50 bits per heavy atom. The molecule has 0 aliphatic carbocycles. The van der Waals surface area contributed by atoms with Crippen LogP contribution in [0.25, 0.3) is 0 Å². The molecule has 0 unspecified atom stereocenters. The molecule has 0 saturated heterocycles. The lowest BCUT2D eigenvalue weighted by atomic mass is 10.1. The first-order valence-corrected chi connectivity index (χ1v) is 4.50. The first-order valence-electron chi connectivity index (χ1n) is 4.50. The van der Waals surface area contributed by atoms with Crippen LogP contribution in [0.2, 0.25) is 0 Å². The van der Waals surface area contributed by atoms with Crippen molar-refractivity contribution in [2.45, 2.75) is 20.8 Å². The summed E-state index contributed by atoms with van der Waals surface area (Å²) in [6.45, 7) is 5.30. The van der Waals surface area contributed by atoms with Crippen LogP contribution in [0.15, 0.2) is 12.1 Å². The zero-order valence-electron chi connectivity index (χ0n) is 8.56. The number of rotatable bonds is 3. The van der Waals surface area contributed by atoms with Crippen LogP contribution < -0.4 is 4.74 Å². The van der Waals surface area contributed by atoms with Gasteiger partial charge in [0.25, 0.3) is 0 Å². The van der Waals surface area contributed by atoms with Gasteiger partial charge in [-0.3, -0.25) is 4.79 Å². The highest BCUT2D eigenvalue weighted by molar-refractivity contribution is 5.95. The van der Waals surface area contributed by atoms with Gasteiger partial charge in [-0.15, -0.1) is 0 Å². The van der Waals surface area contributed by atoms with Gasteiger partial charge in [0.2, 0.25) is 0 Å². The predicted molar refractivity (Wildman–Crippen MR) is 52.3 cm³/mol. The number of aryl methyl sites for hydroxylation is 1. The van der Waals surface area contributed by atoms with Crippen molar-refractivity contribution in [1.82, 2.24) is 0 Å². The van der Waals surface area contributed by atoms with E-state index < -0.39 is 5.82 Å². The monoisotopic (exact) mass is 196 g/mol. The molecule has 2 nitrogen and oxygen atoms in total. The van der Waals surface area contributed by atoms with Crippen molar-refractivity contribution in [3.8, 4) is 5.75 Å². The number of hydrogen-bond donors (Lipinski definition) is 0. The van der Waals surface area contributed by atoms with Gasteiger partial charge in [-0.2, -0.15) is 0 Å². The predicted octanol–water partition coefficient (Wildman–Crippen LogP) is 2.74. The largest absolute Gasteiger partial charge is 0.494 e. The molecule has 76 valence electrons. The minimum Gasteiger partial charge on any atom is -0.494 e. The van der Waals surface area contributed by atoms with Crippen molar-refractivity contribution in [2.75, 3.05) is 6.61 Å². The summed E-state index contributed by atoms with van der Waals surface area (Å²) in [7, 11) is 0. The number of ketones is 1. The van der Waals surface area contributed by atoms with E-state index in [2.05, 4.69) is 0 Å². The quantitative estimate of drug-likeness (QED) is 0.695. The van der Waals surface area contributed by atoms with Crippen LogP contribution in [0, 0.1) is 12.7 Å². The first-order chi connectivity index (χ1) is 6.56.